The molecule has 0 aliphatic heterocycles. The highest BCUT2D eigenvalue weighted by Gasteiger charge is 2.22. The molecule has 3 nitrogen and oxygen atoms in total. The van der Waals surface area contributed by atoms with Gasteiger partial charge in [-0.2, -0.15) is 0 Å². The van der Waals surface area contributed by atoms with Crippen molar-refractivity contribution in [1.29, 1.82) is 0 Å². The molecule has 0 unspecified atom stereocenters. The van der Waals surface area contributed by atoms with E-state index in [4.69, 9.17) is 13.8 Å². The molecule has 0 saturated carbocycles. The van der Waals surface area contributed by atoms with E-state index in [1.54, 1.807) is 0 Å². The molecule has 0 N–H and O–H groups in total. The van der Waals surface area contributed by atoms with Crippen molar-refractivity contribution in [1.82, 2.24) is 4.98 Å². The summed E-state index contributed by atoms with van der Waals surface area (Å²) in [6.45, 7) is 15.6. The lowest BCUT2D eigenvalue weighted by molar-refractivity contribution is 0.496. The Kier molecular flexibility index (Phi) is 5.72. The molecule has 0 aliphatic rings. The number of aromatic nitrogens is 1. The highest BCUT2D eigenvalue weighted by atomic mass is 16.3. The van der Waals surface area contributed by atoms with Gasteiger partial charge in [0.15, 0.2) is 0 Å². The molecular formula is C35H35NO2. The summed E-state index contributed by atoms with van der Waals surface area (Å²) >= 11 is 0. The standard InChI is InChI=1S/C35H35NO2/c1-20(2)16-30-21(3)26-13-12-24(19-31(26)37-30)34-22(4)32-29(38-34)14-15-36-33(32)25-17-23-10-8-9-11-27(23)28(18-25)35(5,6)7/h8-15,17-20H,16H2,1-7H3. The van der Waals surface area contributed by atoms with Gasteiger partial charge >= 0.3 is 0 Å². The van der Waals surface area contributed by atoms with Crippen molar-refractivity contribution < 1.29 is 8.83 Å². The lowest BCUT2D eigenvalue weighted by Gasteiger charge is -2.22. The zero-order valence-corrected chi connectivity index (χ0v) is 23.4. The molecule has 0 fully saturated rings. The Morgan fingerprint density at radius 1 is 0.789 bits per heavy atom. The first-order valence-corrected chi connectivity index (χ1v) is 13.6. The topological polar surface area (TPSA) is 39.2 Å². The maximum absolute atomic E-state index is 6.50. The largest absolute Gasteiger partial charge is 0.461 e. The summed E-state index contributed by atoms with van der Waals surface area (Å²) in [4.78, 5) is 4.89. The van der Waals surface area contributed by atoms with Gasteiger partial charge in [-0.25, -0.2) is 0 Å². The molecule has 0 atom stereocenters. The lowest BCUT2D eigenvalue weighted by Crippen LogP contribution is -2.12. The van der Waals surface area contributed by atoms with E-state index in [9.17, 15) is 0 Å². The van der Waals surface area contributed by atoms with Crippen molar-refractivity contribution >= 4 is 32.7 Å². The molecular weight excluding hydrogens is 466 g/mol. The van der Waals surface area contributed by atoms with E-state index < -0.39 is 0 Å². The van der Waals surface area contributed by atoms with E-state index >= 15 is 0 Å². The van der Waals surface area contributed by atoms with Crippen molar-refractivity contribution in [2.45, 2.75) is 60.3 Å². The molecule has 0 radical (unpaired) electrons. The van der Waals surface area contributed by atoms with Crippen LogP contribution in [-0.4, -0.2) is 4.98 Å². The minimum atomic E-state index is 0.00508. The van der Waals surface area contributed by atoms with Gasteiger partial charge in [0.05, 0.1) is 11.1 Å². The Morgan fingerprint density at radius 3 is 2.34 bits per heavy atom. The number of furan rings is 2. The average molecular weight is 502 g/mol. The van der Waals surface area contributed by atoms with Crippen LogP contribution in [0.25, 0.3) is 55.3 Å². The van der Waals surface area contributed by atoms with E-state index in [1.807, 2.05) is 12.3 Å². The molecule has 192 valence electrons. The van der Waals surface area contributed by atoms with Crippen molar-refractivity contribution in [3.05, 3.63) is 89.3 Å². The third-order valence-corrected chi connectivity index (χ3v) is 7.68. The van der Waals surface area contributed by atoms with Crippen LogP contribution in [0, 0.1) is 19.8 Å². The molecule has 0 bridgehead atoms. The second kappa shape index (κ2) is 8.87. The zero-order chi connectivity index (χ0) is 26.8. The number of hydrogen-bond donors (Lipinski definition) is 0. The van der Waals surface area contributed by atoms with Gasteiger partial charge in [0.1, 0.15) is 22.7 Å². The normalized spacial score (nSPS) is 12.4. The van der Waals surface area contributed by atoms with Crippen LogP contribution in [0.5, 0.6) is 0 Å². The predicted octanol–water partition coefficient (Wildman–Crippen LogP) is 10.2. The molecule has 3 heterocycles. The molecule has 0 aliphatic carbocycles. The first-order chi connectivity index (χ1) is 18.1. The fourth-order valence-electron chi connectivity index (χ4n) is 5.74. The van der Waals surface area contributed by atoms with E-state index in [1.165, 1.54) is 27.3 Å². The fourth-order valence-corrected chi connectivity index (χ4v) is 5.74. The van der Waals surface area contributed by atoms with Crippen LogP contribution in [0.2, 0.25) is 0 Å². The van der Waals surface area contributed by atoms with Crippen LogP contribution >= 0.6 is 0 Å². The molecule has 0 amide bonds. The first-order valence-electron chi connectivity index (χ1n) is 13.6. The number of nitrogens with zero attached hydrogens (tertiary/aromatic N) is 1. The maximum atomic E-state index is 6.50. The quantitative estimate of drug-likeness (QED) is 0.241. The predicted molar refractivity (Wildman–Crippen MR) is 159 cm³/mol. The van der Waals surface area contributed by atoms with E-state index in [-0.39, 0.29) is 5.41 Å². The molecule has 6 rings (SSSR count). The van der Waals surface area contributed by atoms with Gasteiger partial charge in [-0.1, -0.05) is 71.0 Å². The smallest absolute Gasteiger partial charge is 0.138 e. The third-order valence-electron chi connectivity index (χ3n) is 7.68. The molecule has 0 spiro atoms. The van der Waals surface area contributed by atoms with E-state index in [0.29, 0.717) is 5.92 Å². The van der Waals surface area contributed by atoms with Crippen molar-refractivity contribution in [3.63, 3.8) is 0 Å². The molecule has 3 aromatic heterocycles. The monoisotopic (exact) mass is 501 g/mol. The second-order valence-electron chi connectivity index (χ2n) is 12.0. The van der Waals surface area contributed by atoms with Crippen LogP contribution < -0.4 is 0 Å². The lowest BCUT2D eigenvalue weighted by atomic mass is 9.82. The number of hydrogen-bond acceptors (Lipinski definition) is 3. The van der Waals surface area contributed by atoms with Crippen LogP contribution in [0.4, 0.5) is 0 Å². The Hall–Kier alpha value is -3.85. The summed E-state index contributed by atoms with van der Waals surface area (Å²) in [7, 11) is 0. The number of pyridine rings is 1. The van der Waals surface area contributed by atoms with Gasteiger partial charge in [-0.15, -0.1) is 0 Å². The zero-order valence-electron chi connectivity index (χ0n) is 23.4. The summed E-state index contributed by atoms with van der Waals surface area (Å²) in [5.41, 5.74) is 8.52. The molecule has 0 saturated heterocycles. The summed E-state index contributed by atoms with van der Waals surface area (Å²) < 4.78 is 12.8. The highest BCUT2D eigenvalue weighted by molar-refractivity contribution is 6.01. The maximum Gasteiger partial charge on any atom is 0.138 e. The van der Waals surface area contributed by atoms with Gasteiger partial charge < -0.3 is 8.83 Å². The van der Waals surface area contributed by atoms with E-state index in [0.717, 1.165) is 56.9 Å². The van der Waals surface area contributed by atoms with Gasteiger partial charge in [0, 0.05) is 34.7 Å². The fraction of sp³-hybridized carbons (Fsp3) is 0.286. The minimum Gasteiger partial charge on any atom is -0.461 e. The molecule has 3 heteroatoms. The van der Waals surface area contributed by atoms with Crippen LogP contribution in [-0.2, 0) is 11.8 Å². The highest BCUT2D eigenvalue weighted by Crippen LogP contribution is 2.41. The minimum absolute atomic E-state index is 0.00508. The van der Waals surface area contributed by atoms with Crippen molar-refractivity contribution in [3.8, 4) is 22.6 Å². The summed E-state index contributed by atoms with van der Waals surface area (Å²) in [6.07, 6.45) is 2.80. The number of fused-ring (bicyclic) bond motifs is 3. The summed E-state index contributed by atoms with van der Waals surface area (Å²) in [5, 5.41) is 4.76. The summed E-state index contributed by atoms with van der Waals surface area (Å²) in [5.74, 6) is 2.49. The van der Waals surface area contributed by atoms with Crippen LogP contribution in [0.3, 0.4) is 0 Å². The van der Waals surface area contributed by atoms with Crippen molar-refractivity contribution in [2.75, 3.05) is 0 Å². The Labute approximate surface area is 224 Å². The molecule has 6 aromatic rings. The molecule has 38 heavy (non-hydrogen) atoms. The van der Waals surface area contributed by atoms with Crippen LogP contribution in [0.15, 0.2) is 75.7 Å². The number of aryl methyl sites for hydroxylation is 2. The Balaban J connectivity index is 1.53. The third kappa shape index (κ3) is 4.01. The van der Waals surface area contributed by atoms with Gasteiger partial charge in [0.25, 0.3) is 0 Å². The Morgan fingerprint density at radius 2 is 1.58 bits per heavy atom. The van der Waals surface area contributed by atoms with Crippen LogP contribution in [0.1, 0.15) is 57.1 Å². The van der Waals surface area contributed by atoms with Gasteiger partial charge in [0.2, 0.25) is 0 Å². The van der Waals surface area contributed by atoms with E-state index in [2.05, 4.69) is 103 Å². The first kappa shape index (κ1) is 24.5. The average Bonchev–Trinajstić information content (AvgIpc) is 3.38. The van der Waals surface area contributed by atoms with Crippen molar-refractivity contribution in [2.24, 2.45) is 5.92 Å². The SMILES string of the molecule is Cc1c(CC(C)C)oc2cc(-c3oc4ccnc(-c5cc(C(C)(C)C)c6ccccc6c5)c4c3C)ccc12. The number of benzene rings is 3. The van der Waals surface area contributed by atoms with Gasteiger partial charge in [-0.05, 0) is 71.3 Å². The van der Waals surface area contributed by atoms with Gasteiger partial charge in [-0.3, -0.25) is 4.98 Å². The number of rotatable bonds is 4. The Bertz CT molecular complexity index is 1820. The second-order valence-corrected chi connectivity index (χ2v) is 12.0. The molecule has 3 aromatic carbocycles. The summed E-state index contributed by atoms with van der Waals surface area (Å²) in [6, 6.07) is 21.6.